The Morgan fingerprint density at radius 1 is 1.44 bits per heavy atom. The smallest absolute Gasteiger partial charge is 0.350 e. The Kier molecular flexibility index (Phi) is 3.35. The topological polar surface area (TPSA) is 39.4 Å². The van der Waals surface area contributed by atoms with Gasteiger partial charge in [-0.1, -0.05) is 15.9 Å². The average Bonchev–Trinajstić information content (AvgIpc) is 2.30. The van der Waals surface area contributed by atoms with Gasteiger partial charge < -0.3 is 9.15 Å². The Morgan fingerprint density at radius 3 is 2.81 bits per heavy atom. The fraction of sp³-hybridized carbons (Fsp3) is 0.182. The summed E-state index contributed by atoms with van der Waals surface area (Å²) in [5, 5.41) is 1.48. The summed E-state index contributed by atoms with van der Waals surface area (Å²) in [4.78, 5) is 11.5. The first-order valence-electron chi connectivity index (χ1n) is 4.52. The van der Waals surface area contributed by atoms with Crippen molar-refractivity contribution in [3.05, 3.63) is 38.7 Å². The molecule has 0 radical (unpaired) electrons. The lowest BCUT2D eigenvalue weighted by Gasteiger charge is -2.06. The van der Waals surface area contributed by atoms with E-state index in [2.05, 4.69) is 31.9 Å². The number of ether oxygens (including phenoxy) is 1. The lowest BCUT2D eigenvalue weighted by molar-refractivity contribution is 0.414. The first-order valence-corrected chi connectivity index (χ1v) is 6.44. The molecule has 0 spiro atoms. The summed E-state index contributed by atoms with van der Waals surface area (Å²) in [6, 6.07) is 5.41. The van der Waals surface area contributed by atoms with Crippen molar-refractivity contribution >= 4 is 42.8 Å². The highest BCUT2D eigenvalue weighted by Gasteiger charge is 2.11. The Bertz CT molecular complexity index is 590. The number of hydrogen-bond donors (Lipinski definition) is 0. The van der Waals surface area contributed by atoms with Crippen molar-refractivity contribution in [2.24, 2.45) is 0 Å². The van der Waals surface area contributed by atoms with Gasteiger partial charge in [-0.3, -0.25) is 0 Å². The molecule has 2 aromatic rings. The van der Waals surface area contributed by atoms with Crippen LogP contribution in [-0.4, -0.2) is 7.11 Å². The van der Waals surface area contributed by atoms with Crippen LogP contribution in [-0.2, 0) is 5.33 Å². The van der Waals surface area contributed by atoms with Gasteiger partial charge >= 0.3 is 5.63 Å². The number of rotatable bonds is 2. The van der Waals surface area contributed by atoms with E-state index in [0.29, 0.717) is 21.1 Å². The van der Waals surface area contributed by atoms with Crippen LogP contribution < -0.4 is 10.4 Å². The summed E-state index contributed by atoms with van der Waals surface area (Å²) < 4.78 is 10.7. The van der Waals surface area contributed by atoms with Crippen LogP contribution in [0.25, 0.3) is 11.0 Å². The minimum absolute atomic E-state index is 0.379. The van der Waals surface area contributed by atoms with Crippen molar-refractivity contribution in [1.29, 1.82) is 0 Å². The van der Waals surface area contributed by atoms with Crippen LogP contribution in [0, 0.1) is 0 Å². The normalized spacial score (nSPS) is 10.7. The third-order valence-corrected chi connectivity index (χ3v) is 3.66. The lowest BCUT2D eigenvalue weighted by atomic mass is 10.1. The number of alkyl halides is 1. The highest BCUT2D eigenvalue weighted by atomic mass is 79.9. The monoisotopic (exact) mass is 346 g/mol. The van der Waals surface area contributed by atoms with Gasteiger partial charge in [-0.2, -0.15) is 0 Å². The molecule has 0 fully saturated rings. The van der Waals surface area contributed by atoms with Gasteiger partial charge in [-0.15, -0.1) is 0 Å². The van der Waals surface area contributed by atoms with Crippen molar-refractivity contribution < 1.29 is 9.15 Å². The molecule has 2 rings (SSSR count). The summed E-state index contributed by atoms with van der Waals surface area (Å²) >= 11 is 6.59. The molecule has 0 aliphatic rings. The molecule has 1 aromatic carbocycles. The Labute approximate surface area is 109 Å². The molecule has 0 N–H and O–H groups in total. The largest absolute Gasteiger partial charge is 0.497 e. The van der Waals surface area contributed by atoms with Crippen molar-refractivity contribution in [1.82, 2.24) is 0 Å². The molecule has 1 aromatic heterocycles. The Hall–Kier alpha value is -0.810. The van der Waals surface area contributed by atoms with Crippen molar-refractivity contribution in [3.8, 4) is 5.75 Å². The summed E-state index contributed by atoms with van der Waals surface area (Å²) in [6.07, 6.45) is 0. The molecule has 0 aliphatic carbocycles. The molecule has 84 valence electrons. The van der Waals surface area contributed by atoms with Crippen LogP contribution in [0.3, 0.4) is 0 Å². The van der Waals surface area contributed by atoms with Gasteiger partial charge in [0.2, 0.25) is 0 Å². The van der Waals surface area contributed by atoms with Crippen molar-refractivity contribution in [2.75, 3.05) is 7.11 Å². The van der Waals surface area contributed by atoms with Crippen LogP contribution >= 0.6 is 31.9 Å². The van der Waals surface area contributed by atoms with E-state index in [9.17, 15) is 4.79 Å². The highest BCUT2D eigenvalue weighted by Crippen LogP contribution is 2.28. The standard InChI is InChI=1S/C11H8Br2O3/c1-15-6-2-3-7-8(5-12)10(13)11(14)16-9(7)4-6/h2-4H,5H2,1H3. The highest BCUT2D eigenvalue weighted by molar-refractivity contribution is 9.10. The van der Waals surface area contributed by atoms with Crippen LogP contribution in [0.2, 0.25) is 0 Å². The van der Waals surface area contributed by atoms with E-state index in [1.807, 2.05) is 12.1 Å². The van der Waals surface area contributed by atoms with E-state index in [1.54, 1.807) is 13.2 Å². The summed E-state index contributed by atoms with van der Waals surface area (Å²) in [6.45, 7) is 0. The second kappa shape index (κ2) is 4.59. The molecule has 0 bridgehead atoms. The third-order valence-electron chi connectivity index (χ3n) is 2.29. The zero-order chi connectivity index (χ0) is 11.7. The van der Waals surface area contributed by atoms with Crippen molar-refractivity contribution in [3.63, 3.8) is 0 Å². The summed E-state index contributed by atoms with van der Waals surface area (Å²) in [5.41, 5.74) is 1.03. The van der Waals surface area contributed by atoms with Gasteiger partial charge in [-0.05, 0) is 33.6 Å². The number of hydrogen-bond acceptors (Lipinski definition) is 3. The quantitative estimate of drug-likeness (QED) is 0.617. The van der Waals surface area contributed by atoms with E-state index in [4.69, 9.17) is 9.15 Å². The van der Waals surface area contributed by atoms with E-state index < -0.39 is 0 Å². The molecular weight excluding hydrogens is 340 g/mol. The number of methoxy groups -OCH3 is 1. The molecule has 0 saturated heterocycles. The van der Waals surface area contributed by atoms with Gasteiger partial charge in [0.05, 0.1) is 7.11 Å². The predicted octanol–water partition coefficient (Wildman–Crippen LogP) is 3.46. The van der Waals surface area contributed by atoms with E-state index in [1.165, 1.54) is 0 Å². The van der Waals surface area contributed by atoms with Gasteiger partial charge in [0, 0.05) is 16.8 Å². The molecule has 0 aliphatic heterocycles. The van der Waals surface area contributed by atoms with Crippen LogP contribution in [0.4, 0.5) is 0 Å². The van der Waals surface area contributed by atoms with E-state index in [-0.39, 0.29) is 5.63 Å². The molecule has 5 heteroatoms. The molecule has 0 saturated carbocycles. The second-order valence-electron chi connectivity index (χ2n) is 3.18. The van der Waals surface area contributed by atoms with Gasteiger partial charge in [0.1, 0.15) is 15.8 Å². The van der Waals surface area contributed by atoms with Gasteiger partial charge in [0.25, 0.3) is 0 Å². The molecule has 3 nitrogen and oxygen atoms in total. The summed E-state index contributed by atoms with van der Waals surface area (Å²) in [5.74, 6) is 0.665. The fourth-order valence-corrected chi connectivity index (χ4v) is 2.87. The minimum Gasteiger partial charge on any atom is -0.497 e. The predicted molar refractivity (Wildman–Crippen MR) is 69.4 cm³/mol. The first-order chi connectivity index (χ1) is 7.67. The number of halogens is 2. The van der Waals surface area contributed by atoms with Crippen LogP contribution in [0.5, 0.6) is 5.75 Å². The maximum atomic E-state index is 11.5. The first kappa shape index (κ1) is 11.7. The summed E-state index contributed by atoms with van der Waals surface area (Å²) in [7, 11) is 1.57. The van der Waals surface area contributed by atoms with Gasteiger partial charge in [-0.25, -0.2) is 4.79 Å². The maximum Gasteiger partial charge on any atom is 0.350 e. The molecule has 16 heavy (non-hydrogen) atoms. The molecule has 1 heterocycles. The third kappa shape index (κ3) is 1.89. The molecule has 0 atom stereocenters. The SMILES string of the molecule is COc1ccc2c(CBr)c(Br)c(=O)oc2c1. The lowest BCUT2D eigenvalue weighted by Crippen LogP contribution is -2.03. The zero-order valence-electron chi connectivity index (χ0n) is 8.42. The zero-order valence-corrected chi connectivity index (χ0v) is 11.6. The molecule has 0 amide bonds. The molecular formula is C11H8Br2O3. The van der Waals surface area contributed by atoms with E-state index in [0.717, 1.165) is 10.9 Å². The van der Waals surface area contributed by atoms with Gasteiger partial charge in [0.15, 0.2) is 0 Å². The average molecular weight is 348 g/mol. The number of fused-ring (bicyclic) bond motifs is 1. The van der Waals surface area contributed by atoms with Crippen LogP contribution in [0.1, 0.15) is 5.56 Å². The fourth-order valence-electron chi connectivity index (χ4n) is 1.48. The Morgan fingerprint density at radius 2 is 2.19 bits per heavy atom. The maximum absolute atomic E-state index is 11.5. The second-order valence-corrected chi connectivity index (χ2v) is 4.53. The van der Waals surface area contributed by atoms with Crippen LogP contribution in [0.15, 0.2) is 31.9 Å². The molecule has 0 unspecified atom stereocenters. The van der Waals surface area contributed by atoms with E-state index >= 15 is 0 Å². The number of benzene rings is 1. The minimum atomic E-state index is -0.379. The Balaban J connectivity index is 2.85. The van der Waals surface area contributed by atoms with Crippen molar-refractivity contribution in [2.45, 2.75) is 5.33 Å².